The molecule has 2 heteroatoms. The molecule has 0 saturated carbocycles. The fourth-order valence-electron chi connectivity index (χ4n) is 3.94. The van der Waals surface area contributed by atoms with Crippen molar-refractivity contribution in [3.8, 4) is 0 Å². The van der Waals surface area contributed by atoms with Crippen LogP contribution in [0.25, 0.3) is 0 Å². The minimum atomic E-state index is -0.140. The second-order valence-corrected chi connectivity index (χ2v) is 7.06. The molecule has 2 aromatic rings. The lowest BCUT2D eigenvalue weighted by molar-refractivity contribution is 0.111. The van der Waals surface area contributed by atoms with Crippen molar-refractivity contribution in [2.45, 2.75) is 38.0 Å². The number of carbonyl (C=O) groups excluding carboxylic acids is 2. The molecular formula is C20H20O2. The number of hydrogen-bond acceptors (Lipinski definition) is 2. The Morgan fingerprint density at radius 2 is 1.41 bits per heavy atom. The molecule has 0 aromatic heterocycles. The Morgan fingerprint density at radius 3 is 2.00 bits per heavy atom. The lowest BCUT2D eigenvalue weighted by Gasteiger charge is -2.28. The molecule has 0 bridgehead atoms. The maximum absolute atomic E-state index is 11.2. The highest BCUT2D eigenvalue weighted by atomic mass is 16.1. The largest absolute Gasteiger partial charge is 0.298 e. The SMILES string of the molecule is CC1(C)CC(C)(c2ccc(C=O)cc2)c2cc(C=O)ccc21. The van der Waals surface area contributed by atoms with Crippen LogP contribution in [0.5, 0.6) is 0 Å². The van der Waals surface area contributed by atoms with Crippen molar-refractivity contribution in [1.82, 2.24) is 0 Å². The van der Waals surface area contributed by atoms with Crippen molar-refractivity contribution in [2.75, 3.05) is 0 Å². The third-order valence-electron chi connectivity index (χ3n) is 4.98. The van der Waals surface area contributed by atoms with Crippen molar-refractivity contribution in [1.29, 1.82) is 0 Å². The Hall–Kier alpha value is -2.22. The molecule has 0 radical (unpaired) electrons. The van der Waals surface area contributed by atoms with E-state index in [1.807, 2.05) is 36.4 Å². The van der Waals surface area contributed by atoms with Crippen LogP contribution in [0.15, 0.2) is 42.5 Å². The predicted molar refractivity (Wildman–Crippen MR) is 87.8 cm³/mol. The summed E-state index contributed by atoms with van der Waals surface area (Å²) in [5.74, 6) is 0. The summed E-state index contributed by atoms with van der Waals surface area (Å²) in [5.41, 5.74) is 5.04. The third kappa shape index (κ3) is 2.10. The average molecular weight is 292 g/mol. The van der Waals surface area contributed by atoms with Gasteiger partial charge in [0.1, 0.15) is 12.6 Å². The molecule has 0 N–H and O–H groups in total. The lowest BCUT2D eigenvalue weighted by Crippen LogP contribution is -2.23. The zero-order chi connectivity index (χ0) is 16.0. The van der Waals surface area contributed by atoms with Gasteiger partial charge in [-0.2, -0.15) is 0 Å². The molecule has 0 amide bonds. The second kappa shape index (κ2) is 4.91. The van der Waals surface area contributed by atoms with E-state index in [0.29, 0.717) is 11.1 Å². The Labute approximate surface area is 131 Å². The second-order valence-electron chi connectivity index (χ2n) is 7.06. The van der Waals surface area contributed by atoms with Crippen molar-refractivity contribution in [3.63, 3.8) is 0 Å². The third-order valence-corrected chi connectivity index (χ3v) is 4.98. The lowest BCUT2D eigenvalue weighted by atomic mass is 9.75. The number of hydrogen-bond donors (Lipinski definition) is 0. The van der Waals surface area contributed by atoms with Crippen LogP contribution in [0, 0.1) is 0 Å². The number of fused-ring (bicyclic) bond motifs is 1. The fraction of sp³-hybridized carbons (Fsp3) is 0.300. The molecule has 1 unspecified atom stereocenters. The number of benzene rings is 2. The fourth-order valence-corrected chi connectivity index (χ4v) is 3.94. The van der Waals surface area contributed by atoms with Crippen LogP contribution in [-0.4, -0.2) is 12.6 Å². The van der Waals surface area contributed by atoms with Gasteiger partial charge in [-0.1, -0.05) is 57.2 Å². The van der Waals surface area contributed by atoms with Crippen molar-refractivity contribution in [3.05, 3.63) is 70.3 Å². The molecule has 0 fully saturated rings. The van der Waals surface area contributed by atoms with Gasteiger partial charge in [0.05, 0.1) is 0 Å². The van der Waals surface area contributed by atoms with E-state index in [2.05, 4.69) is 26.8 Å². The van der Waals surface area contributed by atoms with Crippen LogP contribution in [0.3, 0.4) is 0 Å². The predicted octanol–water partition coefficient (Wildman–Crippen LogP) is 4.30. The first kappa shape index (κ1) is 14.7. The highest BCUT2D eigenvalue weighted by Crippen LogP contribution is 2.52. The summed E-state index contributed by atoms with van der Waals surface area (Å²) in [6.07, 6.45) is 2.75. The summed E-state index contributed by atoms with van der Waals surface area (Å²) in [4.78, 5) is 22.0. The minimum absolute atomic E-state index is 0.0643. The Kier molecular flexibility index (Phi) is 3.28. The van der Waals surface area contributed by atoms with Gasteiger partial charge in [-0.15, -0.1) is 0 Å². The zero-order valence-electron chi connectivity index (χ0n) is 13.2. The molecule has 0 aliphatic heterocycles. The van der Waals surface area contributed by atoms with E-state index in [1.54, 1.807) is 0 Å². The monoisotopic (exact) mass is 292 g/mol. The Balaban J connectivity index is 2.19. The number of aldehydes is 2. The molecular weight excluding hydrogens is 272 g/mol. The summed E-state index contributed by atoms with van der Waals surface area (Å²) < 4.78 is 0. The first-order chi connectivity index (χ1) is 10.4. The average Bonchev–Trinajstić information content (AvgIpc) is 2.74. The van der Waals surface area contributed by atoms with Gasteiger partial charge in [-0.25, -0.2) is 0 Å². The molecule has 0 saturated heterocycles. The maximum Gasteiger partial charge on any atom is 0.150 e. The molecule has 1 aliphatic rings. The van der Waals surface area contributed by atoms with Crippen LogP contribution in [0.4, 0.5) is 0 Å². The quantitative estimate of drug-likeness (QED) is 0.790. The number of rotatable bonds is 3. The van der Waals surface area contributed by atoms with Crippen LogP contribution in [-0.2, 0) is 10.8 Å². The van der Waals surface area contributed by atoms with Gasteiger partial charge < -0.3 is 0 Å². The van der Waals surface area contributed by atoms with Gasteiger partial charge in [0, 0.05) is 16.5 Å². The minimum Gasteiger partial charge on any atom is -0.298 e. The van der Waals surface area contributed by atoms with E-state index in [0.717, 1.165) is 19.0 Å². The van der Waals surface area contributed by atoms with Crippen LogP contribution >= 0.6 is 0 Å². The van der Waals surface area contributed by atoms with Crippen molar-refractivity contribution >= 4 is 12.6 Å². The standard InChI is InChI=1S/C20H20O2/c1-19(2)13-20(3,16-7-4-14(11-21)5-8-16)18-10-15(12-22)6-9-17(18)19/h4-12H,13H2,1-3H3. The molecule has 2 aromatic carbocycles. The van der Waals surface area contributed by atoms with Gasteiger partial charge in [-0.3, -0.25) is 9.59 Å². The summed E-state index contributed by atoms with van der Waals surface area (Å²) in [5, 5.41) is 0. The smallest absolute Gasteiger partial charge is 0.150 e. The van der Waals surface area contributed by atoms with E-state index in [4.69, 9.17) is 0 Å². The highest BCUT2D eigenvalue weighted by molar-refractivity contribution is 5.77. The van der Waals surface area contributed by atoms with Gasteiger partial charge in [0.25, 0.3) is 0 Å². The van der Waals surface area contributed by atoms with E-state index >= 15 is 0 Å². The van der Waals surface area contributed by atoms with E-state index < -0.39 is 0 Å². The summed E-state index contributed by atoms with van der Waals surface area (Å²) >= 11 is 0. The van der Waals surface area contributed by atoms with E-state index in [-0.39, 0.29) is 10.8 Å². The maximum atomic E-state index is 11.2. The molecule has 112 valence electrons. The Morgan fingerprint density at radius 1 is 0.818 bits per heavy atom. The first-order valence-corrected chi connectivity index (χ1v) is 7.57. The molecule has 0 spiro atoms. The van der Waals surface area contributed by atoms with E-state index in [1.165, 1.54) is 16.7 Å². The molecule has 2 nitrogen and oxygen atoms in total. The topological polar surface area (TPSA) is 34.1 Å². The van der Waals surface area contributed by atoms with E-state index in [9.17, 15) is 9.59 Å². The zero-order valence-corrected chi connectivity index (χ0v) is 13.2. The molecule has 1 aliphatic carbocycles. The van der Waals surface area contributed by atoms with Crippen LogP contribution in [0.1, 0.15) is 64.6 Å². The first-order valence-electron chi connectivity index (χ1n) is 7.57. The summed E-state index contributed by atoms with van der Waals surface area (Å²) in [7, 11) is 0. The number of carbonyl (C=O) groups is 2. The van der Waals surface area contributed by atoms with Crippen LogP contribution in [0.2, 0.25) is 0 Å². The highest BCUT2D eigenvalue weighted by Gasteiger charge is 2.45. The van der Waals surface area contributed by atoms with Crippen molar-refractivity contribution < 1.29 is 9.59 Å². The van der Waals surface area contributed by atoms with Gasteiger partial charge >= 0.3 is 0 Å². The van der Waals surface area contributed by atoms with Crippen LogP contribution < -0.4 is 0 Å². The Bertz CT molecular complexity index is 741. The van der Waals surface area contributed by atoms with Gasteiger partial charge in [0.15, 0.2) is 0 Å². The van der Waals surface area contributed by atoms with Crippen molar-refractivity contribution in [2.24, 2.45) is 0 Å². The normalized spacial score (nSPS) is 22.1. The summed E-state index contributed by atoms with van der Waals surface area (Å²) in [6.45, 7) is 6.72. The molecule has 22 heavy (non-hydrogen) atoms. The molecule has 1 atom stereocenters. The van der Waals surface area contributed by atoms with Gasteiger partial charge in [-0.05, 0) is 34.6 Å². The summed E-state index contributed by atoms with van der Waals surface area (Å²) in [6, 6.07) is 13.8. The molecule has 3 rings (SSSR count). The molecule has 0 heterocycles. The van der Waals surface area contributed by atoms with Gasteiger partial charge in [0.2, 0.25) is 0 Å².